The summed E-state index contributed by atoms with van der Waals surface area (Å²) in [5.74, 6) is -2.97. The summed E-state index contributed by atoms with van der Waals surface area (Å²) in [7, 11) is 0. The van der Waals surface area contributed by atoms with E-state index in [1.54, 1.807) is 0 Å². The minimum absolute atomic E-state index is 0.0726. The van der Waals surface area contributed by atoms with Crippen molar-refractivity contribution in [2.45, 2.75) is 31.4 Å². The highest BCUT2D eigenvalue weighted by atomic mass is 35.5. The highest BCUT2D eigenvalue weighted by molar-refractivity contribution is 6.33. The number of hydrogen-bond acceptors (Lipinski definition) is 6. The number of amides is 2. The van der Waals surface area contributed by atoms with E-state index in [-0.39, 0.29) is 12.1 Å². The molecule has 0 radical (unpaired) electrons. The van der Waals surface area contributed by atoms with Crippen molar-refractivity contribution in [3.8, 4) is 11.8 Å². The number of aliphatic imine (C=N–C) groups is 1. The van der Waals surface area contributed by atoms with Crippen LogP contribution in [0.2, 0.25) is 5.02 Å². The normalized spacial score (nSPS) is 14.8. The Labute approximate surface area is 182 Å². The van der Waals surface area contributed by atoms with Gasteiger partial charge >= 0.3 is 24.6 Å². The predicted octanol–water partition coefficient (Wildman–Crippen LogP) is 4.77. The first kappa shape index (κ1) is 26.3. The average molecular weight is 516 g/mol. The summed E-state index contributed by atoms with van der Waals surface area (Å²) >= 11 is 5.63. The van der Waals surface area contributed by atoms with Gasteiger partial charge in [-0.2, -0.15) is 49.5 Å². The zero-order valence-electron chi connectivity index (χ0n) is 15.8. The van der Waals surface area contributed by atoms with Crippen LogP contribution in [0.3, 0.4) is 0 Å². The summed E-state index contributed by atoms with van der Waals surface area (Å²) < 4.78 is 121. The van der Waals surface area contributed by atoms with Crippen molar-refractivity contribution < 1.29 is 53.8 Å². The number of rotatable bonds is 6. The Morgan fingerprint density at radius 3 is 1.82 bits per heavy atom. The lowest BCUT2D eigenvalue weighted by molar-refractivity contribution is -0.154. The van der Waals surface area contributed by atoms with E-state index >= 15 is 0 Å². The third-order valence-electron chi connectivity index (χ3n) is 3.37. The molecule has 2 amide bonds. The molecule has 18 heteroatoms. The van der Waals surface area contributed by atoms with Crippen molar-refractivity contribution in [3.05, 3.63) is 16.9 Å². The summed E-state index contributed by atoms with van der Waals surface area (Å²) in [5, 5.41) is 3.02. The van der Waals surface area contributed by atoms with Gasteiger partial charge in [-0.1, -0.05) is 11.6 Å². The number of nitrogens with zero attached hydrogens (tertiary/aromatic N) is 3. The second kappa shape index (κ2) is 9.88. The molecule has 184 valence electrons. The summed E-state index contributed by atoms with van der Waals surface area (Å²) in [6.45, 7) is -3.86. The molecule has 0 unspecified atom stereocenters. The van der Waals surface area contributed by atoms with Crippen LogP contribution < -0.4 is 20.1 Å². The molecule has 0 atom stereocenters. The van der Waals surface area contributed by atoms with E-state index in [1.165, 1.54) is 0 Å². The number of halogens is 10. The van der Waals surface area contributed by atoms with E-state index in [2.05, 4.69) is 29.8 Å². The zero-order valence-corrected chi connectivity index (χ0v) is 16.5. The van der Waals surface area contributed by atoms with Crippen molar-refractivity contribution in [2.24, 2.45) is 4.99 Å². The molecule has 0 spiro atoms. The molecule has 2 rings (SSSR count). The van der Waals surface area contributed by atoms with Crippen LogP contribution in [0.15, 0.2) is 16.9 Å². The van der Waals surface area contributed by atoms with Crippen LogP contribution in [0.1, 0.15) is 12.8 Å². The van der Waals surface area contributed by atoms with Gasteiger partial charge in [0.1, 0.15) is 5.71 Å². The van der Waals surface area contributed by atoms with Crippen molar-refractivity contribution in [2.75, 3.05) is 18.5 Å². The van der Waals surface area contributed by atoms with Crippen LogP contribution in [-0.2, 0) is 0 Å². The Hall–Kier alpha value is -2.98. The molecule has 0 saturated carbocycles. The van der Waals surface area contributed by atoms with Crippen LogP contribution >= 0.6 is 11.6 Å². The second-order valence-corrected chi connectivity index (χ2v) is 6.46. The molecular weight excluding hydrogens is 505 g/mol. The maximum Gasteiger partial charge on any atom is 0.429 e. The van der Waals surface area contributed by atoms with E-state index in [4.69, 9.17) is 11.6 Å². The molecule has 1 aliphatic rings. The molecule has 1 aromatic rings. The van der Waals surface area contributed by atoms with Gasteiger partial charge in [0, 0.05) is 18.3 Å². The Bertz CT molecular complexity index is 905. The topological polar surface area (TPSA) is 97.7 Å². The Morgan fingerprint density at radius 2 is 1.42 bits per heavy atom. The number of carbonyl (C=O) groups is 1. The van der Waals surface area contributed by atoms with Gasteiger partial charge in [-0.25, -0.2) is 4.79 Å². The number of nitrogens with one attached hydrogen (secondary N) is 2. The smallest absolute Gasteiger partial charge is 0.429 e. The third kappa shape index (κ3) is 8.82. The van der Waals surface area contributed by atoms with E-state index in [0.29, 0.717) is 0 Å². The number of alkyl halides is 9. The number of hydrogen-bond donors (Lipinski definition) is 2. The zero-order chi connectivity index (χ0) is 25.0. The monoisotopic (exact) mass is 515 g/mol. The van der Waals surface area contributed by atoms with Gasteiger partial charge in [0.15, 0.2) is 18.2 Å². The van der Waals surface area contributed by atoms with Crippen molar-refractivity contribution in [1.82, 2.24) is 15.3 Å². The van der Waals surface area contributed by atoms with Crippen LogP contribution in [0, 0.1) is 0 Å². The Morgan fingerprint density at radius 1 is 0.909 bits per heavy atom. The molecule has 2 heterocycles. The van der Waals surface area contributed by atoms with Gasteiger partial charge < -0.3 is 14.8 Å². The fraction of sp³-hybridized carbons (Fsp3) is 0.467. The van der Waals surface area contributed by atoms with Gasteiger partial charge in [-0.15, -0.1) is 0 Å². The highest BCUT2D eigenvalue weighted by Gasteiger charge is 2.36. The first-order valence-electron chi connectivity index (χ1n) is 8.41. The Kier molecular flexibility index (Phi) is 7.87. The summed E-state index contributed by atoms with van der Waals surface area (Å²) in [5.41, 5.74) is -1.15. The van der Waals surface area contributed by atoms with E-state index < -0.39 is 72.6 Å². The molecule has 33 heavy (non-hydrogen) atoms. The first-order valence-corrected chi connectivity index (χ1v) is 8.79. The number of anilines is 1. The molecule has 0 fully saturated rings. The number of allylic oxidation sites excluding steroid dienone is 1. The molecule has 1 aromatic heterocycles. The Balaban J connectivity index is 2.19. The quantitative estimate of drug-likeness (QED) is 0.532. The average Bonchev–Trinajstić information content (AvgIpc) is 2.65. The van der Waals surface area contributed by atoms with Crippen LogP contribution in [-0.4, -0.2) is 53.5 Å². The van der Waals surface area contributed by atoms with E-state index in [0.717, 1.165) is 6.20 Å². The van der Waals surface area contributed by atoms with Crippen LogP contribution in [0.25, 0.3) is 0 Å². The lowest BCUT2D eigenvalue weighted by Gasteiger charge is -2.17. The van der Waals surface area contributed by atoms with Gasteiger partial charge in [0.25, 0.3) is 0 Å². The van der Waals surface area contributed by atoms with Gasteiger partial charge in [-0.3, -0.25) is 10.3 Å². The fourth-order valence-corrected chi connectivity index (χ4v) is 2.27. The number of ether oxygens (including phenoxy) is 2. The lowest BCUT2D eigenvalue weighted by atomic mass is 10.1. The number of carbonyl (C=O) groups excluding carboxylic acids is 1. The highest BCUT2D eigenvalue weighted by Crippen LogP contribution is 2.34. The number of aromatic nitrogens is 2. The second-order valence-electron chi connectivity index (χ2n) is 6.09. The molecule has 8 nitrogen and oxygen atoms in total. The van der Waals surface area contributed by atoms with Gasteiger partial charge in [0.2, 0.25) is 17.7 Å². The molecule has 0 bridgehead atoms. The number of urea groups is 1. The van der Waals surface area contributed by atoms with E-state index in [9.17, 15) is 44.3 Å². The minimum atomic E-state index is -4.87. The van der Waals surface area contributed by atoms with Gasteiger partial charge in [-0.05, 0) is 6.42 Å². The third-order valence-corrected chi connectivity index (χ3v) is 3.69. The van der Waals surface area contributed by atoms with Crippen molar-refractivity contribution >= 4 is 29.3 Å². The van der Waals surface area contributed by atoms with Crippen LogP contribution in [0.4, 0.5) is 50.3 Å². The predicted molar refractivity (Wildman–Crippen MR) is 93.1 cm³/mol. The molecule has 2 N–H and O–H groups in total. The van der Waals surface area contributed by atoms with Gasteiger partial charge in [0.05, 0.1) is 0 Å². The lowest BCUT2D eigenvalue weighted by Crippen LogP contribution is -2.32. The maximum absolute atomic E-state index is 12.5. The standard InChI is InChI=1S/C15H11ClF9N5O3/c16-8-9(32-4-13(17,18)19)28-11(29-10(8)33-5-14(20,21)22)30-12(31)27-6-1-2-7(26-3-6)15(23,24)25/h3H,1-2,4-5H2,(H2,27,28,29,30,31). The van der Waals surface area contributed by atoms with Crippen molar-refractivity contribution in [1.29, 1.82) is 0 Å². The fourth-order valence-electron chi connectivity index (χ4n) is 2.08. The molecule has 1 aliphatic heterocycles. The van der Waals surface area contributed by atoms with Crippen molar-refractivity contribution in [3.63, 3.8) is 0 Å². The first-order chi connectivity index (χ1) is 15.0. The molecule has 0 aromatic carbocycles. The SMILES string of the molecule is O=C(NC1=CN=C(C(F)(F)F)CC1)Nc1nc(OCC(F)(F)F)c(Cl)c(OCC(F)(F)F)n1. The van der Waals surface area contributed by atoms with Crippen LogP contribution in [0.5, 0.6) is 11.8 Å². The minimum Gasteiger partial charge on any atom is -0.467 e. The summed E-state index contributed by atoms with van der Waals surface area (Å²) in [4.78, 5) is 21.9. The molecule has 0 aliphatic carbocycles. The maximum atomic E-state index is 12.5. The van der Waals surface area contributed by atoms with E-state index in [1.807, 2.05) is 5.32 Å². The molecular formula is C15H11ClF9N5O3. The largest absolute Gasteiger partial charge is 0.467 e. The molecule has 0 saturated heterocycles. The summed E-state index contributed by atoms with van der Waals surface area (Å²) in [6, 6.07) is -1.20. The summed E-state index contributed by atoms with van der Waals surface area (Å²) in [6.07, 6.45) is -14.5.